The molecule has 2 aliphatic rings. The van der Waals surface area contributed by atoms with Crippen LogP contribution in [0, 0.1) is 11.8 Å². The lowest BCUT2D eigenvalue weighted by molar-refractivity contribution is -0.159. The molecule has 2 fully saturated rings. The maximum Gasteiger partial charge on any atom is 0.336 e. The summed E-state index contributed by atoms with van der Waals surface area (Å²) in [4.78, 5) is 62.4. The maximum atomic E-state index is 12.7. The van der Waals surface area contributed by atoms with Crippen molar-refractivity contribution < 1.29 is 28.3 Å². The summed E-state index contributed by atoms with van der Waals surface area (Å²) in [5.74, 6) is -2.28. The number of amides is 3. The number of nitrogens with zero attached hydrogens (tertiary/aromatic N) is 1. The number of esters is 1. The third kappa shape index (κ3) is 4.02. The largest absolute Gasteiger partial charge is 0.459 e. The van der Waals surface area contributed by atoms with Crippen molar-refractivity contribution >= 4 is 40.3 Å². The molecule has 0 bridgehead atoms. The van der Waals surface area contributed by atoms with Crippen molar-refractivity contribution in [2.45, 2.75) is 52.2 Å². The van der Waals surface area contributed by atoms with Crippen molar-refractivity contribution in [2.24, 2.45) is 11.8 Å². The van der Waals surface area contributed by atoms with E-state index in [1.807, 2.05) is 0 Å². The van der Waals surface area contributed by atoms with Gasteiger partial charge in [-0.15, -0.1) is 0 Å². The molecular weight excluding hydrogens is 416 g/mol. The first-order valence-corrected chi connectivity index (χ1v) is 10.6. The fourth-order valence-electron chi connectivity index (χ4n) is 4.57. The number of imide groups is 1. The highest BCUT2D eigenvalue weighted by molar-refractivity contribution is 6.07. The number of hydrogen-bond donors (Lipinski definition) is 1. The van der Waals surface area contributed by atoms with Gasteiger partial charge in [-0.05, 0) is 31.9 Å². The van der Waals surface area contributed by atoms with Gasteiger partial charge in [0.25, 0.3) is 0 Å². The molecule has 1 saturated carbocycles. The van der Waals surface area contributed by atoms with E-state index in [0.29, 0.717) is 29.5 Å². The minimum Gasteiger partial charge on any atom is -0.459 e. The van der Waals surface area contributed by atoms with Crippen LogP contribution in [0.4, 0.5) is 5.69 Å². The zero-order valence-corrected chi connectivity index (χ0v) is 17.9. The molecule has 1 aromatic heterocycles. The van der Waals surface area contributed by atoms with Gasteiger partial charge in [-0.25, -0.2) is 9.59 Å². The van der Waals surface area contributed by atoms with E-state index in [1.54, 1.807) is 12.1 Å². The average Bonchev–Trinajstić information content (AvgIpc) is 3.01. The lowest BCUT2D eigenvalue weighted by Gasteiger charge is -2.21. The van der Waals surface area contributed by atoms with Gasteiger partial charge in [-0.2, -0.15) is 0 Å². The number of nitrogens with one attached hydrogen (secondary N) is 1. The van der Waals surface area contributed by atoms with Crippen molar-refractivity contribution in [3.8, 4) is 0 Å². The summed E-state index contributed by atoms with van der Waals surface area (Å²) >= 11 is 0. The third-order valence-corrected chi connectivity index (χ3v) is 6.12. The summed E-state index contributed by atoms with van der Waals surface area (Å²) in [7, 11) is 0. The zero-order chi connectivity index (χ0) is 23.0. The van der Waals surface area contributed by atoms with E-state index in [2.05, 4.69) is 5.32 Å². The van der Waals surface area contributed by atoms with Crippen LogP contribution in [-0.4, -0.2) is 34.6 Å². The first-order chi connectivity index (χ1) is 15.3. The molecule has 1 saturated heterocycles. The normalized spacial score (nSPS) is 21.4. The molecule has 9 heteroatoms. The van der Waals surface area contributed by atoms with Gasteiger partial charge < -0.3 is 14.5 Å². The highest BCUT2D eigenvalue weighted by atomic mass is 16.5. The summed E-state index contributed by atoms with van der Waals surface area (Å²) < 4.78 is 10.6. The number of fused-ring (bicyclic) bond motifs is 2. The van der Waals surface area contributed by atoms with Gasteiger partial charge in [-0.3, -0.25) is 19.3 Å². The van der Waals surface area contributed by atoms with Gasteiger partial charge in [0.2, 0.25) is 17.7 Å². The number of ether oxygens (including phenoxy) is 1. The van der Waals surface area contributed by atoms with Crippen molar-refractivity contribution in [1.29, 1.82) is 0 Å². The lowest BCUT2D eigenvalue weighted by Crippen LogP contribution is -2.44. The molecule has 9 nitrogen and oxygen atoms in total. The number of anilines is 1. The third-order valence-electron chi connectivity index (χ3n) is 6.12. The van der Waals surface area contributed by atoms with Crippen LogP contribution in [0.25, 0.3) is 11.0 Å². The van der Waals surface area contributed by atoms with Crippen LogP contribution in [-0.2, 0) is 30.5 Å². The molecule has 32 heavy (non-hydrogen) atoms. The molecule has 1 aliphatic carbocycles. The van der Waals surface area contributed by atoms with Gasteiger partial charge in [-0.1, -0.05) is 12.8 Å². The highest BCUT2D eigenvalue weighted by Crippen LogP contribution is 2.39. The van der Waals surface area contributed by atoms with E-state index in [9.17, 15) is 24.0 Å². The SMILES string of the molecule is CC(=O)Nc1ccc2c(COC(=O)[C@H](C)N3C(=O)[C@@H]4CCCC[C@H]4C3=O)cc(=O)oc2c1. The van der Waals surface area contributed by atoms with E-state index in [1.165, 1.54) is 26.0 Å². The van der Waals surface area contributed by atoms with E-state index < -0.39 is 17.6 Å². The standard InChI is InChI=1S/C23H24N2O7/c1-12(25-21(28)17-5-3-4-6-18(17)22(25)29)23(30)31-11-14-9-20(27)32-19-10-15(24-13(2)26)7-8-16(14)19/h7-10,12,17-18H,3-6,11H2,1-2H3,(H,24,26)/t12-,17+,18+/m0/s1. The minimum absolute atomic E-state index is 0.228. The average molecular weight is 440 g/mol. The Balaban J connectivity index is 1.50. The van der Waals surface area contributed by atoms with Crippen LogP contribution in [0.3, 0.4) is 0 Å². The molecule has 1 N–H and O–H groups in total. The number of benzene rings is 1. The summed E-state index contributed by atoms with van der Waals surface area (Å²) in [6, 6.07) is 4.97. The predicted octanol–water partition coefficient (Wildman–Crippen LogP) is 2.36. The topological polar surface area (TPSA) is 123 Å². The fraction of sp³-hybridized carbons (Fsp3) is 0.435. The first-order valence-electron chi connectivity index (χ1n) is 10.6. The Morgan fingerprint density at radius 2 is 1.78 bits per heavy atom. The number of carbonyl (C=O) groups excluding carboxylic acids is 4. The smallest absolute Gasteiger partial charge is 0.336 e. The van der Waals surface area contributed by atoms with Crippen molar-refractivity contribution in [1.82, 2.24) is 4.90 Å². The van der Waals surface area contributed by atoms with E-state index in [4.69, 9.17) is 9.15 Å². The van der Waals surface area contributed by atoms with Crippen LogP contribution >= 0.6 is 0 Å². The van der Waals surface area contributed by atoms with E-state index >= 15 is 0 Å². The van der Waals surface area contributed by atoms with Crippen LogP contribution in [0.2, 0.25) is 0 Å². The molecule has 0 unspecified atom stereocenters. The summed E-state index contributed by atoms with van der Waals surface area (Å²) in [6.07, 6.45) is 3.14. The minimum atomic E-state index is -1.04. The molecule has 4 rings (SSSR count). The second-order valence-corrected chi connectivity index (χ2v) is 8.31. The zero-order valence-electron chi connectivity index (χ0n) is 17.9. The molecule has 3 atom stereocenters. The number of carbonyl (C=O) groups is 4. The monoisotopic (exact) mass is 440 g/mol. The Labute approximate surface area is 183 Å². The second-order valence-electron chi connectivity index (χ2n) is 8.31. The predicted molar refractivity (Wildman–Crippen MR) is 113 cm³/mol. The van der Waals surface area contributed by atoms with Crippen LogP contribution in [0.5, 0.6) is 0 Å². The highest BCUT2D eigenvalue weighted by Gasteiger charge is 2.51. The van der Waals surface area contributed by atoms with Gasteiger partial charge >= 0.3 is 11.6 Å². The molecule has 2 heterocycles. The Morgan fingerprint density at radius 3 is 2.41 bits per heavy atom. The molecule has 1 aromatic carbocycles. The van der Waals surface area contributed by atoms with Crippen LogP contribution in [0.15, 0.2) is 33.5 Å². The second kappa shape index (κ2) is 8.57. The fourth-order valence-corrected chi connectivity index (χ4v) is 4.57. The van der Waals surface area contributed by atoms with Gasteiger partial charge in [0.05, 0.1) is 11.8 Å². The quantitative estimate of drug-likeness (QED) is 0.430. The van der Waals surface area contributed by atoms with E-state index in [0.717, 1.165) is 17.7 Å². The van der Waals surface area contributed by atoms with Crippen molar-refractivity contribution in [3.05, 3.63) is 40.2 Å². The summed E-state index contributed by atoms with van der Waals surface area (Å²) in [5.41, 5.74) is 0.477. The maximum absolute atomic E-state index is 12.7. The molecule has 168 valence electrons. The van der Waals surface area contributed by atoms with Crippen LogP contribution < -0.4 is 10.9 Å². The summed E-state index contributed by atoms with van der Waals surface area (Å²) in [6.45, 7) is 2.61. The molecule has 1 aliphatic heterocycles. The lowest BCUT2D eigenvalue weighted by atomic mass is 9.81. The molecular formula is C23H24N2O7. The van der Waals surface area contributed by atoms with Crippen molar-refractivity contribution in [2.75, 3.05) is 5.32 Å². The number of likely N-dealkylation sites (tertiary alicyclic amines) is 1. The molecule has 0 radical (unpaired) electrons. The molecule has 3 amide bonds. The van der Waals surface area contributed by atoms with Crippen molar-refractivity contribution in [3.63, 3.8) is 0 Å². The van der Waals surface area contributed by atoms with E-state index in [-0.39, 0.29) is 41.7 Å². The number of rotatable bonds is 5. The van der Waals surface area contributed by atoms with Gasteiger partial charge in [0.1, 0.15) is 18.2 Å². The molecule has 0 spiro atoms. The number of hydrogen-bond acceptors (Lipinski definition) is 7. The Hall–Kier alpha value is -3.49. The van der Waals surface area contributed by atoms with Gasteiger partial charge in [0, 0.05) is 35.7 Å². The molecule has 2 aromatic rings. The first kappa shape index (κ1) is 21.7. The Morgan fingerprint density at radius 1 is 1.12 bits per heavy atom. The Kier molecular flexibility index (Phi) is 5.82. The van der Waals surface area contributed by atoms with Gasteiger partial charge in [0.15, 0.2) is 0 Å². The summed E-state index contributed by atoms with van der Waals surface area (Å²) in [5, 5.41) is 3.15. The van der Waals surface area contributed by atoms with Crippen LogP contribution in [0.1, 0.15) is 45.1 Å². The Bertz CT molecular complexity index is 1140.